The van der Waals surface area contributed by atoms with Crippen molar-refractivity contribution in [2.24, 2.45) is 0 Å². The Bertz CT molecular complexity index is 323. The van der Waals surface area contributed by atoms with Crippen LogP contribution >= 0.6 is 11.8 Å². The number of cyclic esters (lactones) is 1. The summed E-state index contributed by atoms with van der Waals surface area (Å²) in [6.07, 6.45) is 2.70. The number of hydrogen-bond acceptors (Lipinski definition) is 3. The molecule has 0 unspecified atom stereocenters. The van der Waals surface area contributed by atoms with Crippen LogP contribution in [0.4, 0.5) is 0 Å². The first-order valence-electron chi connectivity index (χ1n) is 4.59. The molecule has 2 nitrogen and oxygen atoms in total. The number of thioether (sulfide) groups is 1. The highest BCUT2D eigenvalue weighted by Gasteiger charge is 2.34. The van der Waals surface area contributed by atoms with Gasteiger partial charge in [-0.1, -0.05) is 30.3 Å². The van der Waals surface area contributed by atoms with Crippen LogP contribution in [-0.4, -0.2) is 17.5 Å². The molecule has 0 amide bonds. The second-order valence-corrected chi connectivity index (χ2v) is 4.34. The smallest absolute Gasteiger partial charge is 0.319 e. The zero-order valence-electron chi connectivity index (χ0n) is 7.97. The number of rotatable bonds is 2. The maximum Gasteiger partial charge on any atom is 0.319 e. The molecule has 0 radical (unpaired) electrons. The van der Waals surface area contributed by atoms with E-state index in [-0.39, 0.29) is 17.3 Å². The minimum atomic E-state index is -0.0775. The normalized spacial score (nSPS) is 26.2. The van der Waals surface area contributed by atoms with Gasteiger partial charge in [-0.2, -0.15) is 11.8 Å². The molecule has 0 aliphatic carbocycles. The quantitative estimate of drug-likeness (QED) is 0.698. The molecular weight excluding hydrogens is 196 g/mol. The summed E-state index contributed by atoms with van der Waals surface area (Å²) in [6, 6.07) is 9.90. The van der Waals surface area contributed by atoms with Gasteiger partial charge < -0.3 is 4.74 Å². The molecule has 14 heavy (non-hydrogen) atoms. The van der Waals surface area contributed by atoms with Gasteiger partial charge in [0.05, 0.1) is 0 Å². The highest BCUT2D eigenvalue weighted by atomic mass is 32.2. The van der Waals surface area contributed by atoms with Gasteiger partial charge in [0.15, 0.2) is 0 Å². The second kappa shape index (κ2) is 4.05. The molecule has 2 atom stereocenters. The molecular formula is C11H12O2S. The third kappa shape index (κ3) is 1.77. The molecule has 0 saturated carbocycles. The van der Waals surface area contributed by atoms with Crippen LogP contribution in [0.1, 0.15) is 18.1 Å². The van der Waals surface area contributed by atoms with E-state index in [1.807, 2.05) is 36.6 Å². The summed E-state index contributed by atoms with van der Waals surface area (Å²) in [4.78, 5) is 11.3. The van der Waals surface area contributed by atoms with Gasteiger partial charge in [-0.25, -0.2) is 0 Å². The molecule has 0 spiro atoms. The van der Waals surface area contributed by atoms with Crippen molar-refractivity contribution in [1.82, 2.24) is 0 Å². The van der Waals surface area contributed by atoms with E-state index in [1.165, 1.54) is 0 Å². The van der Waals surface area contributed by atoms with Crippen LogP contribution < -0.4 is 0 Å². The summed E-state index contributed by atoms with van der Waals surface area (Å²) in [7, 11) is 0. The molecule has 74 valence electrons. The maximum absolute atomic E-state index is 11.3. The Hall–Kier alpha value is -0.960. The average molecular weight is 208 g/mol. The number of ether oxygens (including phenoxy) is 1. The lowest BCUT2D eigenvalue weighted by Gasteiger charge is -2.07. The monoisotopic (exact) mass is 208 g/mol. The van der Waals surface area contributed by atoms with E-state index in [9.17, 15) is 4.79 Å². The third-order valence-electron chi connectivity index (χ3n) is 2.41. The number of carbonyl (C=O) groups is 1. The van der Waals surface area contributed by atoms with Crippen molar-refractivity contribution in [3.05, 3.63) is 35.9 Å². The third-order valence-corrected chi connectivity index (χ3v) is 3.36. The van der Waals surface area contributed by atoms with Gasteiger partial charge in [0.25, 0.3) is 0 Å². The van der Waals surface area contributed by atoms with Crippen LogP contribution in [0.2, 0.25) is 0 Å². The summed E-state index contributed by atoms with van der Waals surface area (Å²) in [5.74, 6) is -0.0775. The van der Waals surface area contributed by atoms with Crippen LogP contribution in [0.5, 0.6) is 0 Å². The maximum atomic E-state index is 11.3. The molecule has 1 aliphatic heterocycles. The molecule has 0 bridgehead atoms. The zero-order chi connectivity index (χ0) is 9.97. The average Bonchev–Trinajstić information content (AvgIpc) is 2.61. The molecule has 3 heteroatoms. The number of esters is 1. The standard InChI is InChI=1S/C11H12O2S/c1-14-10-7-9(13-11(10)12)8-5-3-2-4-6-8/h2-6,9-10H,7H2,1H3/t9-,10+/m1/s1. The molecule has 1 fully saturated rings. The van der Waals surface area contributed by atoms with Crippen molar-refractivity contribution in [2.75, 3.05) is 6.26 Å². The molecule has 1 saturated heterocycles. The first-order valence-corrected chi connectivity index (χ1v) is 5.88. The molecule has 0 aromatic heterocycles. The minimum absolute atomic E-state index is 0.0141. The summed E-state index contributed by atoms with van der Waals surface area (Å²) < 4.78 is 5.29. The highest BCUT2D eigenvalue weighted by molar-refractivity contribution is 7.99. The van der Waals surface area contributed by atoms with E-state index in [0.29, 0.717) is 0 Å². The van der Waals surface area contributed by atoms with Crippen LogP contribution in [0, 0.1) is 0 Å². The number of carbonyl (C=O) groups excluding carboxylic acids is 1. The summed E-state index contributed by atoms with van der Waals surface area (Å²) in [5, 5.41) is 0.0141. The van der Waals surface area contributed by atoms with Crippen LogP contribution in [0.3, 0.4) is 0 Å². The molecule has 1 heterocycles. The van der Waals surface area contributed by atoms with Gasteiger partial charge >= 0.3 is 5.97 Å². The van der Waals surface area contributed by atoms with E-state index in [4.69, 9.17) is 4.74 Å². The predicted molar refractivity (Wildman–Crippen MR) is 57.2 cm³/mol. The van der Waals surface area contributed by atoms with Gasteiger partial charge in [-0.05, 0) is 11.8 Å². The van der Waals surface area contributed by atoms with Crippen molar-refractivity contribution in [3.63, 3.8) is 0 Å². The van der Waals surface area contributed by atoms with Gasteiger partial charge in [-0.15, -0.1) is 0 Å². The Balaban J connectivity index is 2.13. The molecule has 2 rings (SSSR count). The number of benzene rings is 1. The molecule has 1 aromatic carbocycles. The van der Waals surface area contributed by atoms with Crippen LogP contribution in [0.25, 0.3) is 0 Å². The molecule has 0 N–H and O–H groups in total. The summed E-state index contributed by atoms with van der Waals surface area (Å²) >= 11 is 1.56. The lowest BCUT2D eigenvalue weighted by atomic mass is 10.1. The second-order valence-electron chi connectivity index (χ2n) is 3.30. The Kier molecular flexibility index (Phi) is 2.77. The van der Waals surface area contributed by atoms with Crippen LogP contribution in [0.15, 0.2) is 30.3 Å². The molecule has 1 aliphatic rings. The van der Waals surface area contributed by atoms with Gasteiger partial charge in [0.1, 0.15) is 11.4 Å². The Morgan fingerprint density at radius 2 is 2.07 bits per heavy atom. The van der Waals surface area contributed by atoms with Crippen LogP contribution in [-0.2, 0) is 9.53 Å². The molecule has 1 aromatic rings. The van der Waals surface area contributed by atoms with E-state index < -0.39 is 0 Å². The lowest BCUT2D eigenvalue weighted by molar-refractivity contribution is -0.141. The fourth-order valence-electron chi connectivity index (χ4n) is 1.62. The van der Waals surface area contributed by atoms with Gasteiger partial charge in [0.2, 0.25) is 0 Å². The Morgan fingerprint density at radius 1 is 1.36 bits per heavy atom. The fourth-order valence-corrected chi connectivity index (χ4v) is 2.23. The van der Waals surface area contributed by atoms with Gasteiger partial charge in [-0.3, -0.25) is 4.79 Å². The first kappa shape index (κ1) is 9.59. The van der Waals surface area contributed by atoms with Gasteiger partial charge in [0, 0.05) is 6.42 Å². The first-order chi connectivity index (χ1) is 6.81. The van der Waals surface area contributed by atoms with Crippen molar-refractivity contribution >= 4 is 17.7 Å². The minimum Gasteiger partial charge on any atom is -0.457 e. The topological polar surface area (TPSA) is 26.3 Å². The SMILES string of the molecule is CS[C@H]1C[C@H](c2ccccc2)OC1=O. The van der Waals surface area contributed by atoms with Crippen molar-refractivity contribution in [1.29, 1.82) is 0 Å². The Labute approximate surface area is 87.6 Å². The number of hydrogen-bond donors (Lipinski definition) is 0. The lowest BCUT2D eigenvalue weighted by Crippen LogP contribution is -2.08. The van der Waals surface area contributed by atoms with E-state index in [1.54, 1.807) is 11.8 Å². The van der Waals surface area contributed by atoms with Crippen molar-refractivity contribution in [3.8, 4) is 0 Å². The fraction of sp³-hybridized carbons (Fsp3) is 0.364. The summed E-state index contributed by atoms with van der Waals surface area (Å²) in [5.41, 5.74) is 1.09. The van der Waals surface area contributed by atoms with E-state index in [2.05, 4.69) is 0 Å². The van der Waals surface area contributed by atoms with Crippen molar-refractivity contribution < 1.29 is 9.53 Å². The van der Waals surface area contributed by atoms with E-state index >= 15 is 0 Å². The largest absolute Gasteiger partial charge is 0.457 e. The summed E-state index contributed by atoms with van der Waals surface area (Å²) in [6.45, 7) is 0. The Morgan fingerprint density at radius 3 is 2.64 bits per heavy atom. The van der Waals surface area contributed by atoms with Crippen molar-refractivity contribution in [2.45, 2.75) is 17.8 Å². The van der Waals surface area contributed by atoms with E-state index in [0.717, 1.165) is 12.0 Å². The highest BCUT2D eigenvalue weighted by Crippen LogP contribution is 2.34. The zero-order valence-corrected chi connectivity index (χ0v) is 8.79. The predicted octanol–water partition coefficient (Wildman–Crippen LogP) is 2.41.